The van der Waals surface area contributed by atoms with Gasteiger partial charge in [-0.3, -0.25) is 4.79 Å². The first-order chi connectivity index (χ1) is 12.0. The van der Waals surface area contributed by atoms with Gasteiger partial charge in [-0.25, -0.2) is 23.2 Å². The van der Waals surface area contributed by atoms with Crippen molar-refractivity contribution in [2.45, 2.75) is 12.5 Å². The highest BCUT2D eigenvalue weighted by Crippen LogP contribution is 2.31. The number of carbonyl (C=O) groups is 1. The number of benzene rings is 2. The van der Waals surface area contributed by atoms with Crippen molar-refractivity contribution >= 4 is 21.8 Å². The highest BCUT2D eigenvalue weighted by molar-refractivity contribution is 9.10. The van der Waals surface area contributed by atoms with Gasteiger partial charge in [0.05, 0.1) is 18.2 Å². The lowest BCUT2D eigenvalue weighted by Crippen LogP contribution is -2.30. The van der Waals surface area contributed by atoms with Gasteiger partial charge in [-0.15, -0.1) is 0 Å². The Morgan fingerprint density at radius 1 is 1.00 bits per heavy atom. The molecule has 1 aliphatic rings. The van der Waals surface area contributed by atoms with Crippen molar-refractivity contribution in [1.29, 1.82) is 0 Å². The molecular weight excluding hydrogens is 393 g/mol. The molecule has 0 saturated heterocycles. The number of hydrogen-bond donors (Lipinski definition) is 0. The molecule has 0 spiro atoms. The quantitative estimate of drug-likeness (QED) is 0.659. The molecule has 1 unspecified atom stereocenters. The second-order valence-corrected chi connectivity index (χ2v) is 6.53. The molecule has 2 aromatic carbocycles. The van der Waals surface area contributed by atoms with Gasteiger partial charge in [0.25, 0.3) is 5.91 Å². The van der Waals surface area contributed by atoms with E-state index in [9.17, 15) is 18.8 Å². The minimum absolute atomic E-state index is 0.0374. The van der Waals surface area contributed by atoms with Gasteiger partial charge >= 0.3 is 11.4 Å². The monoisotopic (exact) mass is 403 g/mol. The topological polar surface area (TPSA) is 66.0 Å². The Labute approximate surface area is 148 Å². The van der Waals surface area contributed by atoms with E-state index in [1.54, 1.807) is 30.3 Å². The van der Waals surface area contributed by atoms with Crippen molar-refractivity contribution in [3.63, 3.8) is 0 Å². The van der Waals surface area contributed by atoms with Gasteiger partial charge in [-0.05, 0) is 29.8 Å². The highest BCUT2D eigenvalue weighted by atomic mass is 79.9. The first-order valence-electron chi connectivity index (χ1n) is 7.49. The summed E-state index contributed by atoms with van der Waals surface area (Å²) < 4.78 is 16.7. The summed E-state index contributed by atoms with van der Waals surface area (Å²) in [5.41, 5.74) is -0.366. The van der Waals surface area contributed by atoms with Crippen LogP contribution in [0.1, 0.15) is 22.8 Å². The van der Waals surface area contributed by atoms with Gasteiger partial charge in [-0.2, -0.15) is 4.68 Å². The molecular formula is C17H11BrFN3O3. The third kappa shape index (κ3) is 2.32. The summed E-state index contributed by atoms with van der Waals surface area (Å²) in [5, 5.41) is 0. The van der Waals surface area contributed by atoms with E-state index >= 15 is 0 Å². The first-order valence-corrected chi connectivity index (χ1v) is 8.28. The Morgan fingerprint density at radius 2 is 1.72 bits per heavy atom. The Balaban J connectivity index is 1.96. The van der Waals surface area contributed by atoms with E-state index in [4.69, 9.17) is 0 Å². The number of fused-ring (bicyclic) bond motifs is 1. The molecule has 6 nitrogen and oxygen atoms in total. The molecule has 0 aliphatic carbocycles. The summed E-state index contributed by atoms with van der Waals surface area (Å²) in [6, 6.07) is 11.7. The molecule has 0 bridgehead atoms. The lowest BCUT2D eigenvalue weighted by atomic mass is 10.0. The van der Waals surface area contributed by atoms with Crippen LogP contribution in [0, 0.1) is 5.82 Å². The molecule has 1 aromatic heterocycles. The summed E-state index contributed by atoms with van der Waals surface area (Å²) in [5.74, 6) is -0.912. The van der Waals surface area contributed by atoms with E-state index < -0.39 is 29.1 Å². The largest absolute Gasteiger partial charge is 0.359 e. The van der Waals surface area contributed by atoms with E-state index in [1.807, 2.05) is 0 Å². The fourth-order valence-electron chi connectivity index (χ4n) is 3.11. The molecule has 8 heteroatoms. The van der Waals surface area contributed by atoms with E-state index in [1.165, 1.54) is 18.2 Å². The predicted molar refractivity (Wildman–Crippen MR) is 91.8 cm³/mol. The molecule has 1 atom stereocenters. The molecule has 0 saturated carbocycles. The van der Waals surface area contributed by atoms with Gasteiger partial charge in [0.15, 0.2) is 0 Å². The van der Waals surface area contributed by atoms with Crippen LogP contribution in [0.2, 0.25) is 0 Å². The van der Waals surface area contributed by atoms with E-state index in [0.29, 0.717) is 15.7 Å². The SMILES string of the molecule is O=C1CC(c2ccc(F)cc2Br)n2c(=O)n(-c3ccccc3)c(=O)n21. The molecule has 25 heavy (non-hydrogen) atoms. The second kappa shape index (κ2) is 5.66. The smallest absolute Gasteiger partial charge is 0.272 e. The highest BCUT2D eigenvalue weighted by Gasteiger charge is 2.36. The van der Waals surface area contributed by atoms with Crippen LogP contribution in [-0.4, -0.2) is 19.8 Å². The average Bonchev–Trinajstić information content (AvgIpc) is 3.05. The molecule has 126 valence electrons. The van der Waals surface area contributed by atoms with Gasteiger partial charge in [0.1, 0.15) is 5.82 Å². The fourth-order valence-corrected chi connectivity index (χ4v) is 3.72. The van der Waals surface area contributed by atoms with Gasteiger partial charge in [-0.1, -0.05) is 40.2 Å². The van der Waals surface area contributed by atoms with Crippen molar-refractivity contribution in [2.75, 3.05) is 0 Å². The Hall–Kier alpha value is -2.74. The summed E-state index contributed by atoms with van der Waals surface area (Å²) in [4.78, 5) is 37.8. The van der Waals surface area contributed by atoms with Crippen molar-refractivity contribution in [3.8, 4) is 5.69 Å². The van der Waals surface area contributed by atoms with Crippen LogP contribution >= 0.6 is 15.9 Å². The van der Waals surface area contributed by atoms with Crippen LogP contribution in [0.25, 0.3) is 5.69 Å². The number of carbonyl (C=O) groups excluding carboxylic acids is 1. The van der Waals surface area contributed by atoms with Gasteiger partial charge in [0, 0.05) is 4.47 Å². The van der Waals surface area contributed by atoms with E-state index in [-0.39, 0.29) is 6.42 Å². The normalized spacial score (nSPS) is 16.2. The number of para-hydroxylation sites is 1. The van der Waals surface area contributed by atoms with Crippen LogP contribution in [0.4, 0.5) is 4.39 Å². The van der Waals surface area contributed by atoms with Crippen molar-refractivity contribution in [1.82, 2.24) is 13.9 Å². The molecule has 0 fully saturated rings. The van der Waals surface area contributed by atoms with Gasteiger partial charge in [0.2, 0.25) is 0 Å². The maximum atomic E-state index is 13.4. The molecule has 0 amide bonds. The molecule has 4 rings (SSSR count). The summed E-state index contributed by atoms with van der Waals surface area (Å²) in [7, 11) is 0. The van der Waals surface area contributed by atoms with Gasteiger partial charge < -0.3 is 0 Å². The number of rotatable bonds is 2. The predicted octanol–water partition coefficient (Wildman–Crippen LogP) is 2.34. The third-order valence-corrected chi connectivity index (χ3v) is 4.90. The van der Waals surface area contributed by atoms with Crippen LogP contribution < -0.4 is 11.4 Å². The van der Waals surface area contributed by atoms with Crippen LogP contribution in [-0.2, 0) is 0 Å². The Kier molecular flexibility index (Phi) is 3.57. The Morgan fingerprint density at radius 3 is 2.40 bits per heavy atom. The van der Waals surface area contributed by atoms with Crippen molar-refractivity contribution in [3.05, 3.63) is 85.4 Å². The lowest BCUT2D eigenvalue weighted by molar-refractivity contribution is 0.0910. The number of halogens is 2. The summed E-state index contributed by atoms with van der Waals surface area (Å²) in [6.45, 7) is 0. The zero-order valence-electron chi connectivity index (χ0n) is 12.7. The lowest BCUT2D eigenvalue weighted by Gasteiger charge is -2.12. The zero-order chi connectivity index (χ0) is 17.7. The maximum Gasteiger partial charge on any atom is 0.359 e. The Bertz CT molecular complexity index is 1110. The standard InChI is InChI=1S/C17H11BrFN3O3/c18-13-8-10(19)6-7-12(13)14-9-15(23)22-17(25)20(16(24)21(14)22)11-4-2-1-3-5-11/h1-8,14H,9H2. The first kappa shape index (κ1) is 15.8. The van der Waals surface area contributed by atoms with E-state index in [2.05, 4.69) is 15.9 Å². The minimum Gasteiger partial charge on any atom is -0.272 e. The molecule has 2 heterocycles. The van der Waals surface area contributed by atoms with Crippen molar-refractivity contribution in [2.24, 2.45) is 0 Å². The number of hydrogen-bond acceptors (Lipinski definition) is 3. The van der Waals surface area contributed by atoms with E-state index in [0.717, 1.165) is 13.9 Å². The summed E-state index contributed by atoms with van der Waals surface area (Å²) in [6.07, 6.45) is -0.0374. The maximum absolute atomic E-state index is 13.4. The number of aromatic nitrogens is 3. The average molecular weight is 404 g/mol. The van der Waals surface area contributed by atoms with Crippen LogP contribution in [0.5, 0.6) is 0 Å². The zero-order valence-corrected chi connectivity index (χ0v) is 14.3. The van der Waals surface area contributed by atoms with Crippen LogP contribution in [0.15, 0.2) is 62.6 Å². The molecule has 0 N–H and O–H groups in total. The second-order valence-electron chi connectivity index (χ2n) is 5.67. The third-order valence-electron chi connectivity index (χ3n) is 4.21. The summed E-state index contributed by atoms with van der Waals surface area (Å²) >= 11 is 3.26. The fraction of sp³-hybridized carbons (Fsp3) is 0.118. The molecule has 3 aromatic rings. The molecule has 1 aliphatic heterocycles. The van der Waals surface area contributed by atoms with Crippen LogP contribution in [0.3, 0.4) is 0 Å². The molecule has 0 radical (unpaired) electrons. The minimum atomic E-state index is -0.707. The van der Waals surface area contributed by atoms with Crippen molar-refractivity contribution < 1.29 is 9.18 Å². The number of nitrogens with zero attached hydrogens (tertiary/aromatic N) is 3.